The lowest BCUT2D eigenvalue weighted by atomic mass is 10.3. The van der Waals surface area contributed by atoms with E-state index < -0.39 is 66.4 Å². The number of hydrogen-bond donors (Lipinski definition) is 12. The number of rotatable bonds is 38. The molecule has 1 atom stereocenters. The molecule has 0 saturated heterocycles. The van der Waals surface area contributed by atoms with Gasteiger partial charge in [-0.05, 0) is 57.6 Å². The number of nitrogens with one attached hydrogen (secondary N) is 9. The van der Waals surface area contributed by atoms with Crippen molar-refractivity contribution in [2.75, 3.05) is 119 Å². The highest BCUT2D eigenvalue weighted by Gasteiger charge is 2.30. The molecule has 0 saturated carbocycles. The number of aromatic nitrogens is 9. The van der Waals surface area contributed by atoms with Crippen molar-refractivity contribution in [3.8, 4) is 0 Å². The fourth-order valence-electron chi connectivity index (χ4n) is 9.90. The summed E-state index contributed by atoms with van der Waals surface area (Å²) in [6.07, 6.45) is 11.8. The molecule has 6 rings (SSSR count). The van der Waals surface area contributed by atoms with E-state index in [2.05, 4.69) is 62.8 Å². The Morgan fingerprint density at radius 1 is 0.453 bits per heavy atom. The second-order valence-electron chi connectivity index (χ2n) is 23.0. The molecule has 0 aliphatic rings. The first-order valence-electron chi connectivity index (χ1n) is 30.0. The highest BCUT2D eigenvalue weighted by molar-refractivity contribution is 6.08. The molecule has 0 fully saturated rings. The zero-order valence-electron chi connectivity index (χ0n) is 54.1. The van der Waals surface area contributed by atoms with E-state index in [0.717, 1.165) is 0 Å². The van der Waals surface area contributed by atoms with Crippen molar-refractivity contribution >= 4 is 99.8 Å². The van der Waals surface area contributed by atoms with Gasteiger partial charge in [0, 0.05) is 138 Å². The third-order valence-corrected chi connectivity index (χ3v) is 14.8. The summed E-state index contributed by atoms with van der Waals surface area (Å²) in [7, 11) is 13.1. The van der Waals surface area contributed by atoms with Crippen LogP contribution in [0.4, 0.5) is 28.7 Å². The second-order valence-corrected chi connectivity index (χ2v) is 23.0. The number of carboxylic acids is 3. The maximum absolute atomic E-state index is 13.5. The van der Waals surface area contributed by atoms with Gasteiger partial charge in [-0.1, -0.05) is 0 Å². The Kier molecular flexibility index (Phi) is 26.2. The molecular formula is C59H82N21O15+. The molecule has 6 heterocycles. The molecule has 9 amide bonds. The SMILES string of the molecule is CN(CCCNC(=O)CCNC(=O)c1cc(NC(=O)c2cc(NC(=O)c3cc(NC(=O)CCCNC(=O)c4nc(NC(=O)c5nc(NC(=O)c6nccn6C)cn5C)cn4C)cn3C)cn2C)cn1C)CCCNC(=O)C[N+](C)(CCN(CCC(=O)O)CC(=O)O)CC(=O)O. The molecule has 0 aliphatic heterocycles. The zero-order chi connectivity index (χ0) is 69.7. The van der Waals surface area contributed by atoms with Crippen molar-refractivity contribution < 1.29 is 77.3 Å². The largest absolute Gasteiger partial charge is 0.481 e. The smallest absolute Gasteiger partial charge is 0.359 e. The van der Waals surface area contributed by atoms with Crippen LogP contribution in [0.3, 0.4) is 0 Å². The molecule has 0 bridgehead atoms. The lowest BCUT2D eigenvalue weighted by Gasteiger charge is -2.34. The highest BCUT2D eigenvalue weighted by atomic mass is 16.4. The molecule has 36 nitrogen and oxygen atoms in total. The first-order chi connectivity index (χ1) is 45.0. The third-order valence-electron chi connectivity index (χ3n) is 14.8. The number of imidazole rings is 3. The molecule has 95 heavy (non-hydrogen) atoms. The summed E-state index contributed by atoms with van der Waals surface area (Å²) in [6.45, 7) is 1.18. The first kappa shape index (κ1) is 73.0. The van der Waals surface area contributed by atoms with Crippen molar-refractivity contribution in [3.05, 3.63) is 96.1 Å². The van der Waals surface area contributed by atoms with Crippen LogP contribution in [0.5, 0.6) is 0 Å². The van der Waals surface area contributed by atoms with Crippen molar-refractivity contribution in [3.63, 3.8) is 0 Å². The number of quaternary nitrogens is 1. The summed E-state index contributed by atoms with van der Waals surface area (Å²) < 4.78 is 8.68. The summed E-state index contributed by atoms with van der Waals surface area (Å²) in [4.78, 5) is 167. The quantitative estimate of drug-likeness (QED) is 0.0172. The highest BCUT2D eigenvalue weighted by Crippen LogP contribution is 2.21. The third kappa shape index (κ3) is 22.7. The van der Waals surface area contributed by atoms with Crippen molar-refractivity contribution in [1.82, 2.24) is 73.4 Å². The van der Waals surface area contributed by atoms with Gasteiger partial charge in [-0.15, -0.1) is 0 Å². The van der Waals surface area contributed by atoms with Gasteiger partial charge in [0.2, 0.25) is 23.5 Å². The summed E-state index contributed by atoms with van der Waals surface area (Å²) in [5, 5.41) is 52.2. The van der Waals surface area contributed by atoms with Gasteiger partial charge in [-0.2, -0.15) is 0 Å². The van der Waals surface area contributed by atoms with Gasteiger partial charge in [-0.25, -0.2) is 19.7 Å². The maximum atomic E-state index is 13.5. The minimum Gasteiger partial charge on any atom is -0.481 e. The Hall–Kier alpha value is -11.0. The van der Waals surface area contributed by atoms with E-state index >= 15 is 0 Å². The average Bonchev–Trinajstić information content (AvgIpc) is 1.88. The van der Waals surface area contributed by atoms with Gasteiger partial charge in [0.15, 0.2) is 30.5 Å². The number of anilines is 5. The van der Waals surface area contributed by atoms with E-state index in [0.29, 0.717) is 56.1 Å². The summed E-state index contributed by atoms with van der Waals surface area (Å²) in [5.41, 5.74) is 1.51. The lowest BCUT2D eigenvalue weighted by molar-refractivity contribution is -0.894. The minimum atomic E-state index is -1.16. The minimum absolute atomic E-state index is 0.00555. The van der Waals surface area contributed by atoms with Gasteiger partial charge in [0.25, 0.3) is 41.4 Å². The number of aryl methyl sites for hydroxylation is 6. The molecule has 0 radical (unpaired) electrons. The van der Waals surface area contributed by atoms with E-state index in [4.69, 9.17) is 5.11 Å². The lowest BCUT2D eigenvalue weighted by Crippen LogP contribution is -2.56. The maximum Gasteiger partial charge on any atom is 0.359 e. The normalized spacial score (nSPS) is 11.8. The second kappa shape index (κ2) is 34.1. The summed E-state index contributed by atoms with van der Waals surface area (Å²) >= 11 is 0. The van der Waals surface area contributed by atoms with E-state index in [1.165, 1.54) is 69.1 Å². The van der Waals surface area contributed by atoms with Crippen molar-refractivity contribution in [2.45, 2.75) is 38.5 Å². The van der Waals surface area contributed by atoms with E-state index in [1.54, 1.807) is 74.1 Å². The number of likely N-dealkylation sites (N-methyl/N-ethyl adjacent to an activating group) is 1. The molecule has 512 valence electrons. The van der Waals surface area contributed by atoms with Crippen LogP contribution < -0.4 is 47.9 Å². The van der Waals surface area contributed by atoms with Crippen LogP contribution in [0.25, 0.3) is 0 Å². The Bertz CT molecular complexity index is 3790. The van der Waals surface area contributed by atoms with Gasteiger partial charge in [0.05, 0.1) is 43.6 Å². The number of nitrogens with zero attached hydrogens (tertiary/aromatic N) is 12. The van der Waals surface area contributed by atoms with Crippen molar-refractivity contribution in [1.29, 1.82) is 0 Å². The van der Waals surface area contributed by atoms with Crippen molar-refractivity contribution in [2.24, 2.45) is 42.3 Å². The molecular weight excluding hydrogens is 1240 g/mol. The van der Waals surface area contributed by atoms with Crippen LogP contribution in [-0.2, 0) is 71.1 Å². The van der Waals surface area contributed by atoms with Gasteiger partial charge >= 0.3 is 17.9 Å². The Morgan fingerprint density at radius 2 is 0.947 bits per heavy atom. The van der Waals surface area contributed by atoms with Crippen LogP contribution in [-0.4, -0.2) is 236 Å². The number of carbonyl (C=O) groups excluding carboxylic acids is 9. The van der Waals surface area contributed by atoms with Crippen LogP contribution in [0.1, 0.15) is 102 Å². The molecule has 36 heteroatoms. The van der Waals surface area contributed by atoms with Crippen LogP contribution in [0.2, 0.25) is 0 Å². The van der Waals surface area contributed by atoms with E-state index in [1.807, 2.05) is 11.9 Å². The Balaban J connectivity index is 0.841. The monoisotopic (exact) mass is 1320 g/mol. The Morgan fingerprint density at radius 3 is 1.46 bits per heavy atom. The molecule has 1 unspecified atom stereocenters. The summed E-state index contributed by atoms with van der Waals surface area (Å²) in [5.74, 6) is -7.45. The summed E-state index contributed by atoms with van der Waals surface area (Å²) in [6, 6.07) is 4.43. The number of carbonyl (C=O) groups is 12. The van der Waals surface area contributed by atoms with E-state index in [-0.39, 0.29) is 133 Å². The Labute approximate surface area is 545 Å². The molecule has 0 aromatic carbocycles. The number of carboxylic acid groups (broad SMARTS) is 3. The first-order valence-corrected chi connectivity index (χ1v) is 30.0. The molecule has 0 aliphatic carbocycles. The molecule has 6 aromatic rings. The predicted molar refractivity (Wildman–Crippen MR) is 342 cm³/mol. The number of amides is 9. The van der Waals surface area contributed by atoms with E-state index in [9.17, 15) is 67.7 Å². The molecule has 12 N–H and O–H groups in total. The number of aliphatic carboxylic acids is 3. The zero-order valence-corrected chi connectivity index (χ0v) is 54.1. The standard InChI is InChI=1S/C59H81N21O15/c1-72(21-11-17-61-47(83)35-80(8,36-50(88)89)25-24-79(34-49(86)87)22-14-48(84)85)20-10-16-60-45(81)13-18-64-54(90)40-27-38(30-74(40)3)66-56(92)42-28-39(31-76(42)5)67-55(91)41-26-37(29-75(41)4)65-46(82)12-9-15-63-57(93)52-68-43(32-77(52)6)71-59(95)53-69-44(33-78(53)7)70-58(94)51-62-19-23-73(51)2/h19,23,26-33H,9-18,20-22,24-25,34-36H2,1-8H3,(H11-,60,61,63,64,65,66,67,70,71,81,82,83,84,85,86,87,88,89,90,91,92,93,94,95)/p+1. The topological polar surface area (TPSA) is 449 Å². The number of hydrogen-bond acceptors (Lipinski definition) is 17. The van der Waals surface area contributed by atoms with Crippen LogP contribution in [0.15, 0.2) is 61.6 Å². The molecule has 6 aromatic heterocycles. The average molecular weight is 1330 g/mol. The van der Waals surface area contributed by atoms with Gasteiger partial charge in [-0.3, -0.25) is 57.6 Å². The van der Waals surface area contributed by atoms with Crippen LogP contribution in [0, 0.1) is 0 Å². The predicted octanol–water partition coefficient (Wildman–Crippen LogP) is -0.483. The van der Waals surface area contributed by atoms with Gasteiger partial charge in [0.1, 0.15) is 17.1 Å². The fourth-order valence-corrected chi connectivity index (χ4v) is 9.90. The van der Waals surface area contributed by atoms with Gasteiger partial charge < -0.3 is 100.0 Å². The molecule has 0 spiro atoms. The fraction of sp³-hybridized carbons (Fsp3) is 0.441. The van der Waals surface area contributed by atoms with Crippen LogP contribution >= 0.6 is 0 Å².